The highest BCUT2D eigenvalue weighted by Crippen LogP contribution is 2.28. The number of ether oxygens (including phenoxy) is 1. The number of aromatic nitrogens is 6. The molecule has 5 heterocycles. The Hall–Kier alpha value is -3.43. The maximum absolute atomic E-state index is 13.4. The van der Waals surface area contributed by atoms with Crippen LogP contribution in [0.25, 0.3) is 33.5 Å². The molecule has 1 N–H and O–H groups in total. The second kappa shape index (κ2) is 7.12. The van der Waals surface area contributed by atoms with Gasteiger partial charge in [-0.2, -0.15) is 5.10 Å². The molecule has 0 aromatic carbocycles. The number of aryl methyl sites for hydroxylation is 2. The van der Waals surface area contributed by atoms with Gasteiger partial charge in [-0.3, -0.25) is 19.0 Å². The van der Waals surface area contributed by atoms with Crippen molar-refractivity contribution in [1.29, 1.82) is 0 Å². The summed E-state index contributed by atoms with van der Waals surface area (Å²) in [6.45, 7) is 2.43. The van der Waals surface area contributed by atoms with E-state index < -0.39 is 12.1 Å². The van der Waals surface area contributed by atoms with Gasteiger partial charge in [-0.25, -0.2) is 9.97 Å². The first-order chi connectivity index (χ1) is 14.5. The summed E-state index contributed by atoms with van der Waals surface area (Å²) >= 11 is 0. The summed E-state index contributed by atoms with van der Waals surface area (Å²) in [6.07, 6.45) is 5.99. The minimum Gasteiger partial charge on any atom is -0.388 e. The van der Waals surface area contributed by atoms with Gasteiger partial charge < -0.3 is 9.84 Å². The molecule has 5 rings (SSSR count). The second-order valence-corrected chi connectivity index (χ2v) is 7.50. The summed E-state index contributed by atoms with van der Waals surface area (Å²) in [4.78, 5) is 27.1. The van der Waals surface area contributed by atoms with Crippen molar-refractivity contribution in [3.63, 3.8) is 0 Å². The monoisotopic (exact) mass is 404 g/mol. The molecule has 0 unspecified atom stereocenters. The normalized spacial score (nSPS) is 18.9. The summed E-state index contributed by atoms with van der Waals surface area (Å²) in [5, 5.41) is 14.8. The lowest BCUT2D eigenvalue weighted by atomic mass is 10.1. The zero-order valence-electron chi connectivity index (χ0n) is 16.6. The number of rotatable bonds is 3. The molecular formula is C21H20N6O3. The summed E-state index contributed by atoms with van der Waals surface area (Å²) in [5.74, 6) is 0. The van der Waals surface area contributed by atoms with E-state index in [0.29, 0.717) is 28.0 Å². The van der Waals surface area contributed by atoms with Crippen LogP contribution in [0.3, 0.4) is 0 Å². The van der Waals surface area contributed by atoms with E-state index in [9.17, 15) is 9.90 Å². The third-order valence-corrected chi connectivity index (χ3v) is 5.30. The van der Waals surface area contributed by atoms with E-state index in [1.165, 1.54) is 10.9 Å². The van der Waals surface area contributed by atoms with Crippen LogP contribution in [0.5, 0.6) is 0 Å². The predicted molar refractivity (Wildman–Crippen MR) is 110 cm³/mol. The fourth-order valence-corrected chi connectivity index (χ4v) is 3.67. The van der Waals surface area contributed by atoms with Crippen LogP contribution in [-0.2, 0) is 11.8 Å². The molecule has 1 aliphatic rings. The fourth-order valence-electron chi connectivity index (χ4n) is 3.67. The number of hydrogen-bond donors (Lipinski definition) is 1. The van der Waals surface area contributed by atoms with Crippen LogP contribution in [0.15, 0.2) is 47.9 Å². The van der Waals surface area contributed by atoms with E-state index in [-0.39, 0.29) is 18.8 Å². The molecule has 1 fully saturated rings. The summed E-state index contributed by atoms with van der Waals surface area (Å²) in [5.41, 5.74) is 3.80. The molecule has 0 radical (unpaired) electrons. The number of aliphatic hydroxyl groups excluding tert-OH is 1. The van der Waals surface area contributed by atoms with Crippen LogP contribution in [0.1, 0.15) is 11.6 Å². The molecule has 1 saturated heterocycles. The Morgan fingerprint density at radius 3 is 2.70 bits per heavy atom. The minimum absolute atomic E-state index is 0.199. The number of pyridine rings is 2. The van der Waals surface area contributed by atoms with Gasteiger partial charge in [-0.15, -0.1) is 0 Å². The van der Waals surface area contributed by atoms with E-state index in [1.54, 1.807) is 23.1 Å². The molecule has 9 heteroatoms. The van der Waals surface area contributed by atoms with E-state index in [2.05, 4.69) is 15.1 Å². The highest BCUT2D eigenvalue weighted by molar-refractivity contribution is 5.93. The average Bonchev–Trinajstić information content (AvgIpc) is 3.36. The van der Waals surface area contributed by atoms with Crippen molar-refractivity contribution in [3.8, 4) is 22.6 Å². The van der Waals surface area contributed by atoms with Crippen LogP contribution < -0.4 is 5.56 Å². The summed E-state index contributed by atoms with van der Waals surface area (Å²) < 4.78 is 8.44. The first kappa shape index (κ1) is 18.6. The number of aliphatic hydroxyl groups is 1. The van der Waals surface area contributed by atoms with Gasteiger partial charge in [0.2, 0.25) is 0 Å². The average molecular weight is 404 g/mol. The Balaban J connectivity index is 1.78. The Bertz CT molecular complexity index is 1290. The molecule has 1 aliphatic heterocycles. The topological polar surface area (TPSA) is 108 Å². The Labute approximate surface area is 171 Å². The first-order valence-electron chi connectivity index (χ1n) is 9.61. The molecule has 0 bridgehead atoms. The van der Waals surface area contributed by atoms with Crippen molar-refractivity contribution in [1.82, 2.24) is 29.3 Å². The highest BCUT2D eigenvalue weighted by Gasteiger charge is 2.29. The van der Waals surface area contributed by atoms with E-state index in [1.807, 2.05) is 32.3 Å². The molecule has 9 nitrogen and oxygen atoms in total. The molecule has 0 saturated carbocycles. The molecular weight excluding hydrogens is 384 g/mol. The van der Waals surface area contributed by atoms with E-state index in [4.69, 9.17) is 9.72 Å². The first-order valence-corrected chi connectivity index (χ1v) is 9.61. The predicted octanol–water partition coefficient (Wildman–Crippen LogP) is 1.49. The van der Waals surface area contributed by atoms with Crippen molar-refractivity contribution in [2.45, 2.75) is 19.1 Å². The van der Waals surface area contributed by atoms with Gasteiger partial charge in [-0.05, 0) is 24.6 Å². The van der Waals surface area contributed by atoms with Gasteiger partial charge in [0.1, 0.15) is 17.3 Å². The molecule has 0 aliphatic carbocycles. The van der Waals surface area contributed by atoms with Crippen molar-refractivity contribution >= 4 is 10.9 Å². The smallest absolute Gasteiger partial charge is 0.261 e. The van der Waals surface area contributed by atoms with Gasteiger partial charge >= 0.3 is 0 Å². The lowest BCUT2D eigenvalue weighted by Crippen LogP contribution is -2.32. The molecule has 0 spiro atoms. The van der Waals surface area contributed by atoms with Gasteiger partial charge in [0.15, 0.2) is 0 Å². The van der Waals surface area contributed by atoms with Gasteiger partial charge in [0, 0.05) is 25.0 Å². The Kier molecular flexibility index (Phi) is 4.41. The highest BCUT2D eigenvalue weighted by atomic mass is 16.5. The molecule has 2 atom stereocenters. The van der Waals surface area contributed by atoms with Crippen molar-refractivity contribution in [2.24, 2.45) is 7.05 Å². The van der Waals surface area contributed by atoms with E-state index >= 15 is 0 Å². The van der Waals surface area contributed by atoms with Crippen LogP contribution in [0.4, 0.5) is 0 Å². The van der Waals surface area contributed by atoms with Crippen LogP contribution in [-0.4, -0.2) is 53.7 Å². The molecule has 152 valence electrons. The van der Waals surface area contributed by atoms with Gasteiger partial charge in [-0.1, -0.05) is 6.07 Å². The quantitative estimate of drug-likeness (QED) is 0.551. The maximum atomic E-state index is 13.4. The van der Waals surface area contributed by atoms with Crippen LogP contribution in [0.2, 0.25) is 0 Å². The standard InChI is InChI=1S/C21H20N6O3/c1-12-3-4-15(22-6-12)16-5-14-20(19(25-16)13-7-24-26(2)8-13)23-11-27(21(14)29)17-9-30-10-18(17)28/h3-8,11,17-18,28H,9-10H2,1-2H3/t17-,18-/m0/s1. The number of hydrogen-bond acceptors (Lipinski definition) is 7. The van der Waals surface area contributed by atoms with Gasteiger partial charge in [0.25, 0.3) is 5.56 Å². The fraction of sp³-hybridized carbons (Fsp3) is 0.286. The SMILES string of the molecule is Cc1ccc(-c2cc3c(=O)n([C@H]4COC[C@@H]4O)cnc3c(-c3cnn(C)c3)n2)nc1. The van der Waals surface area contributed by atoms with E-state index in [0.717, 1.165) is 11.1 Å². The Morgan fingerprint density at radius 1 is 1.17 bits per heavy atom. The second-order valence-electron chi connectivity index (χ2n) is 7.50. The van der Waals surface area contributed by atoms with Crippen molar-refractivity contribution in [3.05, 3.63) is 59.0 Å². The third-order valence-electron chi connectivity index (χ3n) is 5.30. The molecule has 4 aromatic rings. The lowest BCUT2D eigenvalue weighted by molar-refractivity contribution is 0.119. The van der Waals surface area contributed by atoms with Crippen molar-refractivity contribution < 1.29 is 9.84 Å². The molecule has 4 aromatic heterocycles. The zero-order valence-corrected chi connectivity index (χ0v) is 16.6. The minimum atomic E-state index is -0.750. The number of nitrogens with zero attached hydrogens (tertiary/aromatic N) is 6. The third kappa shape index (κ3) is 3.08. The lowest BCUT2D eigenvalue weighted by Gasteiger charge is -2.16. The zero-order chi connectivity index (χ0) is 20.8. The largest absolute Gasteiger partial charge is 0.388 e. The van der Waals surface area contributed by atoms with Crippen LogP contribution in [0, 0.1) is 6.92 Å². The Morgan fingerprint density at radius 2 is 2.03 bits per heavy atom. The maximum Gasteiger partial charge on any atom is 0.261 e. The summed E-state index contributed by atoms with van der Waals surface area (Å²) in [6, 6.07) is 5.07. The van der Waals surface area contributed by atoms with Gasteiger partial charge in [0.05, 0.1) is 48.6 Å². The molecule has 0 amide bonds. The van der Waals surface area contributed by atoms with Crippen LogP contribution >= 0.6 is 0 Å². The van der Waals surface area contributed by atoms with Crippen molar-refractivity contribution in [2.75, 3.05) is 13.2 Å². The molecule has 30 heavy (non-hydrogen) atoms. The number of fused-ring (bicyclic) bond motifs is 1. The summed E-state index contributed by atoms with van der Waals surface area (Å²) in [7, 11) is 1.82.